The molecule has 1 heterocycles. The SMILES string of the molecule is O=C(c1cc2ccc(F)cc2s1)N(CCBr)C1CCC1. The van der Waals surface area contributed by atoms with Gasteiger partial charge in [0.2, 0.25) is 0 Å². The zero-order valence-electron chi connectivity index (χ0n) is 10.9. The molecule has 1 aromatic carbocycles. The van der Waals surface area contributed by atoms with Gasteiger partial charge in [-0.3, -0.25) is 4.79 Å². The maximum Gasteiger partial charge on any atom is 0.264 e. The Balaban J connectivity index is 1.89. The molecular weight excluding hydrogens is 341 g/mol. The first-order valence-corrected chi connectivity index (χ1v) is 8.69. The molecule has 0 aliphatic heterocycles. The molecule has 0 bridgehead atoms. The Morgan fingerprint density at radius 1 is 1.40 bits per heavy atom. The lowest BCUT2D eigenvalue weighted by Gasteiger charge is -2.37. The molecule has 1 aromatic heterocycles. The summed E-state index contributed by atoms with van der Waals surface area (Å²) in [6.07, 6.45) is 3.39. The maximum absolute atomic E-state index is 13.2. The normalized spacial score (nSPS) is 15.3. The lowest BCUT2D eigenvalue weighted by molar-refractivity contribution is 0.0604. The monoisotopic (exact) mass is 355 g/mol. The highest BCUT2D eigenvalue weighted by Crippen LogP contribution is 2.31. The van der Waals surface area contributed by atoms with Gasteiger partial charge in [-0.05, 0) is 42.8 Å². The molecule has 1 aliphatic rings. The van der Waals surface area contributed by atoms with Crippen LogP contribution in [-0.4, -0.2) is 28.7 Å². The van der Waals surface area contributed by atoms with Crippen molar-refractivity contribution >= 4 is 43.3 Å². The van der Waals surface area contributed by atoms with E-state index >= 15 is 0 Å². The van der Waals surface area contributed by atoms with Crippen molar-refractivity contribution in [1.29, 1.82) is 0 Å². The van der Waals surface area contributed by atoms with Gasteiger partial charge in [0.05, 0.1) is 4.88 Å². The fraction of sp³-hybridized carbons (Fsp3) is 0.400. The molecular formula is C15H15BrFNOS. The minimum absolute atomic E-state index is 0.0794. The van der Waals surface area contributed by atoms with Crippen LogP contribution in [0.5, 0.6) is 0 Å². The van der Waals surface area contributed by atoms with Crippen LogP contribution in [0.4, 0.5) is 4.39 Å². The van der Waals surface area contributed by atoms with Crippen LogP contribution >= 0.6 is 27.3 Å². The third kappa shape index (κ3) is 2.61. The van der Waals surface area contributed by atoms with E-state index in [4.69, 9.17) is 0 Å². The van der Waals surface area contributed by atoms with Gasteiger partial charge in [0.1, 0.15) is 5.82 Å². The molecule has 3 rings (SSSR count). The fourth-order valence-electron chi connectivity index (χ4n) is 2.49. The largest absolute Gasteiger partial charge is 0.334 e. The van der Waals surface area contributed by atoms with Crippen molar-refractivity contribution in [3.63, 3.8) is 0 Å². The summed E-state index contributed by atoms with van der Waals surface area (Å²) in [5.74, 6) is -0.176. The van der Waals surface area contributed by atoms with Gasteiger partial charge in [-0.2, -0.15) is 0 Å². The van der Waals surface area contributed by atoms with E-state index < -0.39 is 0 Å². The van der Waals surface area contributed by atoms with Gasteiger partial charge in [-0.1, -0.05) is 22.0 Å². The van der Waals surface area contributed by atoms with Crippen molar-refractivity contribution < 1.29 is 9.18 Å². The summed E-state index contributed by atoms with van der Waals surface area (Å²) in [6, 6.07) is 6.92. The van der Waals surface area contributed by atoms with Gasteiger partial charge >= 0.3 is 0 Å². The third-order valence-electron chi connectivity index (χ3n) is 3.79. The predicted octanol–water partition coefficient (Wildman–Crippen LogP) is 4.43. The smallest absolute Gasteiger partial charge is 0.264 e. The topological polar surface area (TPSA) is 20.3 Å². The Morgan fingerprint density at radius 3 is 2.85 bits per heavy atom. The summed E-state index contributed by atoms with van der Waals surface area (Å²) in [4.78, 5) is 15.3. The second-order valence-electron chi connectivity index (χ2n) is 5.07. The zero-order valence-corrected chi connectivity index (χ0v) is 13.3. The number of benzene rings is 1. The van der Waals surface area contributed by atoms with E-state index in [1.54, 1.807) is 6.07 Å². The van der Waals surface area contributed by atoms with Crippen molar-refractivity contribution in [2.45, 2.75) is 25.3 Å². The van der Waals surface area contributed by atoms with Crippen LogP contribution in [0.2, 0.25) is 0 Å². The van der Waals surface area contributed by atoms with Gasteiger partial charge in [0, 0.05) is 22.6 Å². The number of hydrogen-bond donors (Lipinski definition) is 0. The first kappa shape index (κ1) is 14.0. The molecule has 0 spiro atoms. The number of halogens is 2. The van der Waals surface area contributed by atoms with Crippen LogP contribution < -0.4 is 0 Å². The molecule has 1 saturated carbocycles. The van der Waals surface area contributed by atoms with E-state index in [0.29, 0.717) is 10.9 Å². The van der Waals surface area contributed by atoms with Crippen molar-refractivity contribution in [2.24, 2.45) is 0 Å². The number of nitrogens with zero attached hydrogens (tertiary/aromatic N) is 1. The van der Waals surface area contributed by atoms with E-state index in [-0.39, 0.29) is 11.7 Å². The summed E-state index contributed by atoms with van der Waals surface area (Å²) >= 11 is 4.80. The number of fused-ring (bicyclic) bond motifs is 1. The molecule has 1 fully saturated rings. The molecule has 0 radical (unpaired) electrons. The summed E-state index contributed by atoms with van der Waals surface area (Å²) in [5.41, 5.74) is 0. The minimum Gasteiger partial charge on any atom is -0.334 e. The Labute approximate surface area is 129 Å². The molecule has 0 unspecified atom stereocenters. The fourth-order valence-corrected chi connectivity index (χ4v) is 3.92. The molecule has 2 nitrogen and oxygen atoms in total. The molecule has 0 atom stereocenters. The quantitative estimate of drug-likeness (QED) is 0.742. The standard InChI is InChI=1S/C15H15BrFNOS/c16-6-7-18(12-2-1-3-12)15(19)14-8-10-4-5-11(17)9-13(10)20-14/h4-5,8-9,12H,1-3,6-7H2. The Hall–Kier alpha value is -0.940. The molecule has 106 valence electrons. The first-order valence-electron chi connectivity index (χ1n) is 6.75. The minimum atomic E-state index is -0.255. The van der Waals surface area contributed by atoms with Gasteiger partial charge in [-0.15, -0.1) is 11.3 Å². The molecule has 1 amide bonds. The average Bonchev–Trinajstić information content (AvgIpc) is 2.78. The Kier molecular flexibility index (Phi) is 4.08. The van der Waals surface area contributed by atoms with Gasteiger partial charge < -0.3 is 4.90 Å². The zero-order chi connectivity index (χ0) is 14.1. The van der Waals surface area contributed by atoms with E-state index in [1.165, 1.54) is 29.9 Å². The number of rotatable bonds is 4. The number of hydrogen-bond acceptors (Lipinski definition) is 2. The summed E-state index contributed by atoms with van der Waals surface area (Å²) < 4.78 is 14.1. The molecule has 20 heavy (non-hydrogen) atoms. The van der Waals surface area contributed by atoms with Crippen LogP contribution in [-0.2, 0) is 0 Å². The highest BCUT2D eigenvalue weighted by molar-refractivity contribution is 9.09. The van der Waals surface area contributed by atoms with E-state index in [0.717, 1.165) is 34.8 Å². The first-order chi connectivity index (χ1) is 9.69. The maximum atomic E-state index is 13.2. The molecule has 5 heteroatoms. The lowest BCUT2D eigenvalue weighted by Crippen LogP contribution is -2.44. The molecule has 2 aromatic rings. The third-order valence-corrected chi connectivity index (χ3v) is 5.24. The van der Waals surface area contributed by atoms with E-state index in [2.05, 4.69) is 15.9 Å². The number of amides is 1. The van der Waals surface area contributed by atoms with Crippen molar-refractivity contribution in [3.05, 3.63) is 35.0 Å². The van der Waals surface area contributed by atoms with Gasteiger partial charge in [0.15, 0.2) is 0 Å². The number of carbonyl (C=O) groups excluding carboxylic acids is 1. The highest BCUT2D eigenvalue weighted by atomic mass is 79.9. The second kappa shape index (κ2) is 5.82. The summed E-state index contributed by atoms with van der Waals surface area (Å²) in [6.45, 7) is 0.728. The predicted molar refractivity (Wildman–Crippen MR) is 84.3 cm³/mol. The Morgan fingerprint density at radius 2 is 2.20 bits per heavy atom. The van der Waals surface area contributed by atoms with Crippen LogP contribution in [0.15, 0.2) is 24.3 Å². The highest BCUT2D eigenvalue weighted by Gasteiger charge is 2.29. The lowest BCUT2D eigenvalue weighted by atomic mass is 9.91. The number of carbonyl (C=O) groups is 1. The van der Waals surface area contributed by atoms with Gasteiger partial charge in [0.25, 0.3) is 5.91 Å². The van der Waals surface area contributed by atoms with E-state index in [9.17, 15) is 9.18 Å². The summed E-state index contributed by atoms with van der Waals surface area (Å²) in [5, 5.41) is 1.72. The number of thiophene rings is 1. The van der Waals surface area contributed by atoms with Crippen LogP contribution in [0.1, 0.15) is 28.9 Å². The summed E-state index contributed by atoms with van der Waals surface area (Å²) in [7, 11) is 0. The Bertz CT molecular complexity index is 638. The molecule has 0 saturated heterocycles. The van der Waals surface area contributed by atoms with Crippen molar-refractivity contribution in [3.8, 4) is 0 Å². The van der Waals surface area contributed by atoms with Crippen molar-refractivity contribution in [2.75, 3.05) is 11.9 Å². The van der Waals surface area contributed by atoms with Crippen LogP contribution in [0.3, 0.4) is 0 Å². The van der Waals surface area contributed by atoms with Crippen LogP contribution in [0.25, 0.3) is 10.1 Å². The molecule has 1 aliphatic carbocycles. The van der Waals surface area contributed by atoms with E-state index in [1.807, 2.05) is 11.0 Å². The molecule has 0 N–H and O–H groups in total. The average molecular weight is 356 g/mol. The van der Waals surface area contributed by atoms with Gasteiger partial charge in [-0.25, -0.2) is 4.39 Å². The number of alkyl halides is 1. The van der Waals surface area contributed by atoms with Crippen molar-refractivity contribution in [1.82, 2.24) is 4.90 Å². The van der Waals surface area contributed by atoms with Crippen LogP contribution in [0, 0.1) is 5.82 Å². The second-order valence-corrected chi connectivity index (χ2v) is 6.94.